The quantitative estimate of drug-likeness (QED) is 0.434. The van der Waals surface area contributed by atoms with Crippen molar-refractivity contribution in [1.29, 1.82) is 0 Å². The SMILES string of the molecule is CC(=O)C(Cl)(Cl)N=Nc1cc(Cl)c(C)c(Cl)c1. The van der Waals surface area contributed by atoms with Gasteiger partial charge in [0, 0.05) is 10.0 Å². The van der Waals surface area contributed by atoms with Crippen LogP contribution < -0.4 is 0 Å². The summed E-state index contributed by atoms with van der Waals surface area (Å²) in [6.07, 6.45) is 0. The molecule has 0 radical (unpaired) electrons. The molecule has 0 saturated heterocycles. The first-order valence-electron chi connectivity index (χ1n) is 4.51. The minimum atomic E-state index is -1.89. The van der Waals surface area contributed by atoms with Crippen molar-refractivity contribution >= 4 is 57.9 Å². The predicted molar refractivity (Wildman–Crippen MR) is 70.8 cm³/mol. The van der Waals surface area contributed by atoms with Crippen molar-refractivity contribution in [3.8, 4) is 0 Å². The topological polar surface area (TPSA) is 41.8 Å². The van der Waals surface area contributed by atoms with Gasteiger partial charge >= 0.3 is 0 Å². The minimum Gasteiger partial charge on any atom is -0.294 e. The van der Waals surface area contributed by atoms with Crippen molar-refractivity contribution < 1.29 is 4.79 Å². The van der Waals surface area contributed by atoms with Gasteiger partial charge in [-0.15, -0.1) is 5.11 Å². The summed E-state index contributed by atoms with van der Waals surface area (Å²) in [7, 11) is 0. The fourth-order valence-electron chi connectivity index (χ4n) is 0.881. The van der Waals surface area contributed by atoms with Crippen LogP contribution in [0.15, 0.2) is 22.4 Å². The lowest BCUT2D eigenvalue weighted by Crippen LogP contribution is -2.19. The van der Waals surface area contributed by atoms with Crippen LogP contribution in [0.3, 0.4) is 0 Å². The number of rotatable bonds is 3. The van der Waals surface area contributed by atoms with Gasteiger partial charge in [0.2, 0.25) is 0 Å². The molecule has 0 bridgehead atoms. The highest BCUT2D eigenvalue weighted by Gasteiger charge is 2.29. The Morgan fingerprint density at radius 1 is 1.24 bits per heavy atom. The Morgan fingerprint density at radius 3 is 2.12 bits per heavy atom. The number of alkyl halides is 2. The molecular formula is C10H8Cl4N2O. The number of benzene rings is 1. The smallest absolute Gasteiger partial charge is 0.285 e. The van der Waals surface area contributed by atoms with Gasteiger partial charge in [-0.2, -0.15) is 5.11 Å². The third-order valence-corrected chi connectivity index (χ3v) is 3.45. The zero-order chi connectivity index (χ0) is 13.2. The average molecular weight is 314 g/mol. The molecule has 0 heterocycles. The van der Waals surface area contributed by atoms with Gasteiger partial charge in [0.1, 0.15) is 0 Å². The van der Waals surface area contributed by atoms with Crippen LogP contribution >= 0.6 is 46.4 Å². The van der Waals surface area contributed by atoms with Crippen molar-refractivity contribution in [2.45, 2.75) is 18.3 Å². The van der Waals surface area contributed by atoms with E-state index in [2.05, 4.69) is 10.2 Å². The lowest BCUT2D eigenvalue weighted by atomic mass is 10.2. The largest absolute Gasteiger partial charge is 0.294 e. The van der Waals surface area contributed by atoms with Crippen LogP contribution in [0.5, 0.6) is 0 Å². The van der Waals surface area contributed by atoms with Gasteiger partial charge in [-0.05, 0) is 31.5 Å². The molecule has 0 amide bonds. The molecule has 0 N–H and O–H groups in total. The normalized spacial score (nSPS) is 12.1. The highest BCUT2D eigenvalue weighted by Crippen LogP contribution is 2.32. The highest BCUT2D eigenvalue weighted by atomic mass is 35.5. The number of carbonyl (C=O) groups is 1. The summed E-state index contributed by atoms with van der Waals surface area (Å²) in [5.74, 6) is -0.520. The van der Waals surface area contributed by atoms with Gasteiger partial charge in [0.15, 0.2) is 5.78 Å². The number of hydrogen-bond acceptors (Lipinski definition) is 3. The van der Waals surface area contributed by atoms with Crippen molar-refractivity contribution in [3.63, 3.8) is 0 Å². The Balaban J connectivity index is 3.05. The second-order valence-corrected chi connectivity index (χ2v) is 5.43. The first-order chi connectivity index (χ1) is 7.74. The Labute approximate surface area is 119 Å². The molecule has 0 unspecified atom stereocenters. The summed E-state index contributed by atoms with van der Waals surface area (Å²) in [6, 6.07) is 3.10. The molecule has 1 rings (SSSR count). The summed E-state index contributed by atoms with van der Waals surface area (Å²) in [4.78, 5) is 11.0. The fraction of sp³-hybridized carbons (Fsp3) is 0.300. The molecule has 0 aliphatic heterocycles. The first-order valence-corrected chi connectivity index (χ1v) is 6.02. The zero-order valence-corrected chi connectivity index (χ0v) is 12.0. The van der Waals surface area contributed by atoms with E-state index in [0.717, 1.165) is 5.56 Å². The van der Waals surface area contributed by atoms with Gasteiger partial charge in [0.05, 0.1) is 5.69 Å². The molecule has 1 aromatic rings. The van der Waals surface area contributed by atoms with E-state index >= 15 is 0 Å². The van der Waals surface area contributed by atoms with E-state index in [1.807, 2.05) is 0 Å². The summed E-state index contributed by atoms with van der Waals surface area (Å²) in [6.45, 7) is 2.99. The maximum absolute atomic E-state index is 11.0. The zero-order valence-electron chi connectivity index (χ0n) is 8.97. The van der Waals surface area contributed by atoms with Crippen LogP contribution in [0.25, 0.3) is 0 Å². The van der Waals surface area contributed by atoms with E-state index in [1.165, 1.54) is 6.92 Å². The van der Waals surface area contributed by atoms with Gasteiger partial charge in [-0.25, -0.2) is 0 Å². The lowest BCUT2D eigenvalue weighted by Gasteiger charge is -2.08. The number of halogens is 4. The van der Waals surface area contributed by atoms with Crippen molar-refractivity contribution in [2.24, 2.45) is 10.2 Å². The van der Waals surface area contributed by atoms with Crippen LogP contribution in [-0.4, -0.2) is 10.2 Å². The highest BCUT2D eigenvalue weighted by molar-refractivity contribution is 6.57. The molecule has 0 aromatic heterocycles. The number of carbonyl (C=O) groups excluding carboxylic acids is 1. The van der Waals surface area contributed by atoms with E-state index in [4.69, 9.17) is 46.4 Å². The molecule has 7 heteroatoms. The minimum absolute atomic E-state index is 0.373. The fourth-order valence-corrected chi connectivity index (χ4v) is 1.43. The van der Waals surface area contributed by atoms with E-state index in [1.54, 1.807) is 19.1 Å². The molecule has 1 aromatic carbocycles. The molecule has 0 saturated carbocycles. The van der Waals surface area contributed by atoms with Gasteiger partial charge in [0.25, 0.3) is 4.46 Å². The third kappa shape index (κ3) is 3.81. The maximum atomic E-state index is 11.0. The second kappa shape index (κ2) is 5.53. The van der Waals surface area contributed by atoms with Gasteiger partial charge < -0.3 is 0 Å². The number of hydrogen-bond donors (Lipinski definition) is 0. The van der Waals surface area contributed by atoms with Crippen LogP contribution in [-0.2, 0) is 4.79 Å². The number of ketones is 1. The number of nitrogens with zero attached hydrogens (tertiary/aromatic N) is 2. The molecule has 0 atom stereocenters. The van der Waals surface area contributed by atoms with Gasteiger partial charge in [-0.1, -0.05) is 46.4 Å². The third-order valence-electron chi connectivity index (χ3n) is 1.98. The van der Waals surface area contributed by atoms with Crippen molar-refractivity contribution in [2.75, 3.05) is 0 Å². The molecule has 3 nitrogen and oxygen atoms in total. The Bertz CT molecular complexity index is 462. The van der Waals surface area contributed by atoms with Gasteiger partial charge in [-0.3, -0.25) is 4.79 Å². The van der Waals surface area contributed by atoms with Crippen LogP contribution in [0.1, 0.15) is 12.5 Å². The molecule has 0 fully saturated rings. The average Bonchev–Trinajstić information content (AvgIpc) is 2.22. The van der Waals surface area contributed by atoms with Crippen molar-refractivity contribution in [3.05, 3.63) is 27.7 Å². The summed E-state index contributed by atoms with van der Waals surface area (Å²) in [5.41, 5.74) is 1.11. The number of azo groups is 1. The van der Waals surface area contributed by atoms with Crippen LogP contribution in [0.2, 0.25) is 10.0 Å². The summed E-state index contributed by atoms with van der Waals surface area (Å²) < 4.78 is -1.89. The predicted octanol–water partition coefficient (Wildman–Crippen LogP) is 5.11. The number of Topliss-reactive ketones (excluding diaryl/α,β-unsaturated/α-hetero) is 1. The molecule has 92 valence electrons. The molecular weight excluding hydrogens is 306 g/mol. The van der Waals surface area contributed by atoms with E-state index < -0.39 is 10.2 Å². The molecule has 0 spiro atoms. The maximum Gasteiger partial charge on any atom is 0.285 e. The summed E-state index contributed by atoms with van der Waals surface area (Å²) >= 11 is 23.1. The van der Waals surface area contributed by atoms with E-state index in [9.17, 15) is 4.79 Å². The lowest BCUT2D eigenvalue weighted by molar-refractivity contribution is -0.117. The first kappa shape index (κ1) is 14.7. The van der Waals surface area contributed by atoms with E-state index in [-0.39, 0.29) is 0 Å². The Kier molecular flexibility index (Phi) is 4.78. The van der Waals surface area contributed by atoms with Crippen LogP contribution in [0.4, 0.5) is 5.69 Å². The van der Waals surface area contributed by atoms with E-state index in [0.29, 0.717) is 15.7 Å². The van der Waals surface area contributed by atoms with Crippen LogP contribution in [0, 0.1) is 6.92 Å². The molecule has 0 aliphatic carbocycles. The summed E-state index contributed by atoms with van der Waals surface area (Å²) in [5, 5.41) is 8.16. The monoisotopic (exact) mass is 312 g/mol. The molecule has 0 aliphatic rings. The Morgan fingerprint density at radius 2 is 1.71 bits per heavy atom. The Hall–Kier alpha value is -0.350. The second-order valence-electron chi connectivity index (χ2n) is 3.33. The standard InChI is InChI=1S/C10H8Cl4N2O/c1-5-8(11)3-7(4-9(5)12)15-16-10(13,14)6(2)17/h3-4H,1-2H3. The molecule has 17 heavy (non-hydrogen) atoms. The van der Waals surface area contributed by atoms with Crippen molar-refractivity contribution in [1.82, 2.24) is 0 Å².